The molecule has 12 heavy (non-hydrogen) atoms. The Morgan fingerprint density at radius 1 is 1.75 bits per heavy atom. The summed E-state index contributed by atoms with van der Waals surface area (Å²) in [7, 11) is 0. The SMILES string of the molecule is CCC1C=CCCCN1C(=O)O. The first-order valence-electron chi connectivity index (χ1n) is 4.42. The van der Waals surface area contributed by atoms with Crippen molar-refractivity contribution in [3.63, 3.8) is 0 Å². The maximum Gasteiger partial charge on any atom is 0.407 e. The summed E-state index contributed by atoms with van der Waals surface area (Å²) in [6.45, 7) is 2.68. The van der Waals surface area contributed by atoms with Crippen LogP contribution in [-0.4, -0.2) is 28.7 Å². The van der Waals surface area contributed by atoms with Gasteiger partial charge in [0.2, 0.25) is 0 Å². The van der Waals surface area contributed by atoms with Crippen LogP contribution < -0.4 is 0 Å². The smallest absolute Gasteiger partial charge is 0.407 e. The van der Waals surface area contributed by atoms with E-state index in [2.05, 4.69) is 6.08 Å². The lowest BCUT2D eigenvalue weighted by Gasteiger charge is -2.24. The lowest BCUT2D eigenvalue weighted by atomic mass is 10.2. The molecule has 0 aliphatic carbocycles. The van der Waals surface area contributed by atoms with Gasteiger partial charge in [0.25, 0.3) is 0 Å². The monoisotopic (exact) mass is 169 g/mol. The molecular formula is C9H15NO2. The minimum atomic E-state index is -0.798. The van der Waals surface area contributed by atoms with Crippen LogP contribution in [0.1, 0.15) is 26.2 Å². The van der Waals surface area contributed by atoms with Crippen molar-refractivity contribution in [1.29, 1.82) is 0 Å². The van der Waals surface area contributed by atoms with Crippen molar-refractivity contribution >= 4 is 6.09 Å². The maximum atomic E-state index is 10.8. The minimum absolute atomic E-state index is 0.0880. The molecule has 0 aromatic rings. The third-order valence-corrected chi connectivity index (χ3v) is 2.19. The largest absolute Gasteiger partial charge is 0.465 e. The van der Waals surface area contributed by atoms with E-state index in [4.69, 9.17) is 5.11 Å². The van der Waals surface area contributed by atoms with Crippen LogP contribution in [0.15, 0.2) is 12.2 Å². The van der Waals surface area contributed by atoms with E-state index in [1.54, 1.807) is 0 Å². The molecule has 0 aromatic carbocycles. The Morgan fingerprint density at radius 2 is 2.50 bits per heavy atom. The highest BCUT2D eigenvalue weighted by atomic mass is 16.4. The van der Waals surface area contributed by atoms with E-state index < -0.39 is 6.09 Å². The Labute approximate surface area is 72.7 Å². The number of hydrogen-bond acceptors (Lipinski definition) is 1. The fourth-order valence-electron chi connectivity index (χ4n) is 1.50. The van der Waals surface area contributed by atoms with Crippen molar-refractivity contribution in [3.8, 4) is 0 Å². The van der Waals surface area contributed by atoms with Gasteiger partial charge in [-0.25, -0.2) is 4.79 Å². The van der Waals surface area contributed by atoms with Gasteiger partial charge in [0.05, 0.1) is 6.04 Å². The molecule has 0 spiro atoms. The molecule has 0 radical (unpaired) electrons. The Kier molecular flexibility index (Phi) is 3.14. The van der Waals surface area contributed by atoms with Gasteiger partial charge in [-0.15, -0.1) is 0 Å². The predicted octanol–water partition coefficient (Wildman–Crippen LogP) is 2.09. The molecule has 1 heterocycles. The topological polar surface area (TPSA) is 40.5 Å². The second-order valence-corrected chi connectivity index (χ2v) is 3.02. The van der Waals surface area contributed by atoms with Gasteiger partial charge in [-0.3, -0.25) is 0 Å². The molecule has 1 rings (SSSR count). The Hall–Kier alpha value is -0.990. The van der Waals surface area contributed by atoms with E-state index in [-0.39, 0.29) is 6.04 Å². The van der Waals surface area contributed by atoms with Crippen molar-refractivity contribution in [2.45, 2.75) is 32.2 Å². The van der Waals surface area contributed by atoms with Crippen LogP contribution in [0.3, 0.4) is 0 Å². The summed E-state index contributed by atoms with van der Waals surface area (Å²) in [4.78, 5) is 12.3. The van der Waals surface area contributed by atoms with Crippen molar-refractivity contribution in [1.82, 2.24) is 4.90 Å². The van der Waals surface area contributed by atoms with Crippen LogP contribution in [0.4, 0.5) is 4.79 Å². The van der Waals surface area contributed by atoms with Crippen LogP contribution in [0.5, 0.6) is 0 Å². The zero-order chi connectivity index (χ0) is 8.97. The summed E-state index contributed by atoms with van der Waals surface area (Å²) < 4.78 is 0. The molecule has 1 aliphatic heterocycles. The number of carboxylic acid groups (broad SMARTS) is 1. The van der Waals surface area contributed by atoms with E-state index in [9.17, 15) is 4.79 Å². The van der Waals surface area contributed by atoms with Crippen LogP contribution in [0, 0.1) is 0 Å². The molecule has 0 bridgehead atoms. The lowest BCUT2D eigenvalue weighted by Crippen LogP contribution is -2.37. The summed E-state index contributed by atoms with van der Waals surface area (Å²) in [6, 6.07) is 0.0880. The second-order valence-electron chi connectivity index (χ2n) is 3.02. The summed E-state index contributed by atoms with van der Waals surface area (Å²) >= 11 is 0. The zero-order valence-electron chi connectivity index (χ0n) is 7.36. The van der Waals surface area contributed by atoms with Crippen LogP contribution >= 0.6 is 0 Å². The third-order valence-electron chi connectivity index (χ3n) is 2.19. The van der Waals surface area contributed by atoms with Gasteiger partial charge in [0.15, 0.2) is 0 Å². The third kappa shape index (κ3) is 2.00. The molecule has 3 nitrogen and oxygen atoms in total. The Bertz CT molecular complexity index is 189. The first kappa shape index (κ1) is 9.10. The summed E-state index contributed by atoms with van der Waals surface area (Å²) in [5, 5.41) is 8.86. The molecule has 1 atom stereocenters. The van der Waals surface area contributed by atoms with E-state index in [0.29, 0.717) is 6.54 Å². The van der Waals surface area contributed by atoms with Gasteiger partial charge in [0.1, 0.15) is 0 Å². The molecular weight excluding hydrogens is 154 g/mol. The van der Waals surface area contributed by atoms with Gasteiger partial charge in [-0.1, -0.05) is 19.1 Å². The van der Waals surface area contributed by atoms with Crippen LogP contribution in [-0.2, 0) is 0 Å². The molecule has 0 aromatic heterocycles. The Morgan fingerprint density at radius 3 is 3.08 bits per heavy atom. The second kappa shape index (κ2) is 4.14. The molecule has 1 unspecified atom stereocenters. The number of carbonyl (C=O) groups is 1. The van der Waals surface area contributed by atoms with Crippen LogP contribution in [0.2, 0.25) is 0 Å². The van der Waals surface area contributed by atoms with E-state index >= 15 is 0 Å². The van der Waals surface area contributed by atoms with Crippen molar-refractivity contribution < 1.29 is 9.90 Å². The normalized spacial score (nSPS) is 23.8. The number of hydrogen-bond donors (Lipinski definition) is 1. The van der Waals surface area contributed by atoms with Gasteiger partial charge in [-0.05, 0) is 19.3 Å². The summed E-state index contributed by atoms with van der Waals surface area (Å²) in [5.74, 6) is 0. The number of nitrogens with zero attached hydrogens (tertiary/aromatic N) is 1. The number of allylic oxidation sites excluding steroid dienone is 1. The highest BCUT2D eigenvalue weighted by Gasteiger charge is 2.19. The number of amides is 1. The molecule has 3 heteroatoms. The van der Waals surface area contributed by atoms with Crippen LogP contribution in [0.25, 0.3) is 0 Å². The fourth-order valence-corrected chi connectivity index (χ4v) is 1.50. The molecule has 0 saturated heterocycles. The van der Waals surface area contributed by atoms with Crippen molar-refractivity contribution in [3.05, 3.63) is 12.2 Å². The first-order valence-corrected chi connectivity index (χ1v) is 4.42. The molecule has 68 valence electrons. The highest BCUT2D eigenvalue weighted by Crippen LogP contribution is 2.12. The quantitative estimate of drug-likeness (QED) is 0.610. The fraction of sp³-hybridized carbons (Fsp3) is 0.667. The van der Waals surface area contributed by atoms with Gasteiger partial charge >= 0.3 is 6.09 Å². The highest BCUT2D eigenvalue weighted by molar-refractivity contribution is 5.65. The van der Waals surface area contributed by atoms with E-state index in [0.717, 1.165) is 19.3 Å². The summed E-state index contributed by atoms with van der Waals surface area (Å²) in [6.07, 6.45) is 6.09. The average molecular weight is 169 g/mol. The molecule has 1 aliphatic rings. The average Bonchev–Trinajstić information content (AvgIpc) is 2.27. The molecule has 0 saturated carbocycles. The van der Waals surface area contributed by atoms with E-state index in [1.165, 1.54) is 4.90 Å². The lowest BCUT2D eigenvalue weighted by molar-refractivity contribution is 0.133. The minimum Gasteiger partial charge on any atom is -0.465 e. The zero-order valence-corrected chi connectivity index (χ0v) is 7.36. The van der Waals surface area contributed by atoms with E-state index in [1.807, 2.05) is 13.0 Å². The Balaban J connectivity index is 2.67. The summed E-state index contributed by atoms with van der Waals surface area (Å²) in [5.41, 5.74) is 0. The molecule has 1 N–H and O–H groups in total. The van der Waals surface area contributed by atoms with Crippen molar-refractivity contribution in [2.75, 3.05) is 6.54 Å². The first-order chi connectivity index (χ1) is 5.75. The standard InChI is InChI=1S/C9H15NO2/c1-2-8-6-4-3-5-7-10(8)9(11)12/h4,6,8H,2-3,5,7H2,1H3,(H,11,12). The predicted molar refractivity (Wildman–Crippen MR) is 47.2 cm³/mol. The maximum absolute atomic E-state index is 10.8. The van der Waals surface area contributed by atoms with Gasteiger partial charge in [0, 0.05) is 6.54 Å². The van der Waals surface area contributed by atoms with Gasteiger partial charge in [-0.2, -0.15) is 0 Å². The molecule has 0 fully saturated rings. The van der Waals surface area contributed by atoms with Gasteiger partial charge < -0.3 is 10.0 Å². The number of rotatable bonds is 1. The molecule has 1 amide bonds. The van der Waals surface area contributed by atoms with Crippen molar-refractivity contribution in [2.24, 2.45) is 0 Å².